The Morgan fingerprint density at radius 2 is 1.68 bits per heavy atom. The van der Waals surface area contributed by atoms with Crippen LogP contribution in [0.5, 0.6) is 0 Å². The van der Waals surface area contributed by atoms with Crippen molar-refractivity contribution in [3.63, 3.8) is 0 Å². The van der Waals surface area contributed by atoms with Gasteiger partial charge >= 0.3 is 0 Å². The first-order chi connectivity index (χ1) is 10.5. The normalized spacial score (nSPS) is 26.6. The molecule has 0 spiro atoms. The topological polar surface area (TPSA) is 0 Å². The van der Waals surface area contributed by atoms with Crippen molar-refractivity contribution in [2.45, 2.75) is 27.2 Å². The third kappa shape index (κ3) is 2.54. The summed E-state index contributed by atoms with van der Waals surface area (Å²) in [6, 6.07) is 8.81. The van der Waals surface area contributed by atoms with Gasteiger partial charge in [-0.1, -0.05) is 80.6 Å². The highest BCUT2D eigenvalue weighted by Gasteiger charge is 2.25. The average molecular weight is 288 g/mol. The highest BCUT2D eigenvalue weighted by atomic mass is 14.3. The first-order valence-corrected chi connectivity index (χ1v) is 8.03. The van der Waals surface area contributed by atoms with Crippen molar-refractivity contribution in [3.8, 4) is 0 Å². The minimum Gasteiger partial charge on any atom is -0.0989 e. The van der Waals surface area contributed by atoms with E-state index in [4.69, 9.17) is 0 Å². The summed E-state index contributed by atoms with van der Waals surface area (Å²) >= 11 is 0. The number of hydrogen-bond acceptors (Lipinski definition) is 0. The van der Waals surface area contributed by atoms with Crippen LogP contribution in [0.2, 0.25) is 0 Å². The predicted molar refractivity (Wildman–Crippen MR) is 96.5 cm³/mol. The lowest BCUT2D eigenvalue weighted by atomic mass is 9.90. The molecule has 0 N–H and O–H groups in total. The maximum atomic E-state index is 4.25. The third-order valence-electron chi connectivity index (χ3n) is 5.11. The van der Waals surface area contributed by atoms with Crippen LogP contribution in [0.4, 0.5) is 0 Å². The van der Waals surface area contributed by atoms with E-state index in [1.807, 2.05) is 0 Å². The molecule has 2 aliphatic rings. The minimum absolute atomic E-state index is 0.424. The fraction of sp³-hybridized carbons (Fsp3) is 0.273. The van der Waals surface area contributed by atoms with Crippen molar-refractivity contribution < 1.29 is 0 Å². The van der Waals surface area contributed by atoms with Gasteiger partial charge in [-0.3, -0.25) is 0 Å². The highest BCUT2D eigenvalue weighted by molar-refractivity contribution is 5.76. The Balaban J connectivity index is 1.81. The van der Waals surface area contributed by atoms with E-state index in [1.165, 1.54) is 39.0 Å². The Hall–Kier alpha value is -2.08. The molecule has 2 aliphatic carbocycles. The van der Waals surface area contributed by atoms with Crippen LogP contribution in [0.15, 0.2) is 77.9 Å². The summed E-state index contributed by atoms with van der Waals surface area (Å²) in [4.78, 5) is 0. The summed E-state index contributed by atoms with van der Waals surface area (Å²) in [5, 5.41) is 0. The molecule has 1 fully saturated rings. The van der Waals surface area contributed by atoms with Crippen molar-refractivity contribution in [2.24, 2.45) is 11.8 Å². The number of rotatable bonds is 2. The first kappa shape index (κ1) is 14.8. The van der Waals surface area contributed by atoms with Crippen molar-refractivity contribution in [2.75, 3.05) is 0 Å². The fourth-order valence-electron chi connectivity index (χ4n) is 3.30. The van der Waals surface area contributed by atoms with Gasteiger partial charge in [-0.2, -0.15) is 0 Å². The van der Waals surface area contributed by atoms with Gasteiger partial charge in [-0.25, -0.2) is 0 Å². The Labute approximate surface area is 134 Å². The Morgan fingerprint density at radius 3 is 2.27 bits per heavy atom. The van der Waals surface area contributed by atoms with E-state index in [0.717, 1.165) is 6.42 Å². The van der Waals surface area contributed by atoms with E-state index < -0.39 is 0 Å². The lowest BCUT2D eigenvalue weighted by Gasteiger charge is -2.14. The second-order valence-electron chi connectivity index (χ2n) is 6.63. The van der Waals surface area contributed by atoms with Gasteiger partial charge in [0.1, 0.15) is 0 Å². The van der Waals surface area contributed by atoms with Gasteiger partial charge in [0.15, 0.2) is 0 Å². The number of hydrogen-bond donors (Lipinski definition) is 0. The predicted octanol–water partition coefficient (Wildman–Crippen LogP) is 6.03. The molecular weight excluding hydrogens is 264 g/mol. The fourth-order valence-corrected chi connectivity index (χ4v) is 3.30. The van der Waals surface area contributed by atoms with E-state index in [2.05, 4.69) is 76.4 Å². The van der Waals surface area contributed by atoms with Crippen LogP contribution in [0.3, 0.4) is 0 Å². The molecule has 0 amide bonds. The molecule has 1 aromatic carbocycles. The Bertz CT molecular complexity index is 720. The zero-order valence-corrected chi connectivity index (χ0v) is 13.8. The lowest BCUT2D eigenvalue weighted by molar-refractivity contribution is 0.868. The molecule has 0 bridgehead atoms. The van der Waals surface area contributed by atoms with E-state index in [0.29, 0.717) is 11.8 Å². The Morgan fingerprint density at radius 1 is 1.00 bits per heavy atom. The largest absolute Gasteiger partial charge is 0.0989 e. The van der Waals surface area contributed by atoms with Crippen LogP contribution in [-0.2, 0) is 0 Å². The molecule has 3 rings (SSSR count). The third-order valence-corrected chi connectivity index (χ3v) is 5.11. The summed E-state index contributed by atoms with van der Waals surface area (Å²) in [6.07, 6.45) is 7.83. The smallest absolute Gasteiger partial charge is 0.00670 e. The van der Waals surface area contributed by atoms with Crippen LogP contribution < -0.4 is 0 Å². The van der Waals surface area contributed by atoms with Gasteiger partial charge in [0.25, 0.3) is 0 Å². The summed E-state index contributed by atoms with van der Waals surface area (Å²) in [5.74, 6) is 0.861. The molecule has 112 valence electrons. The standard InChI is InChI=1S/C22H24/c1-14-6-8-19(9-7-14)22-11-10-20(18(22)5)13-21-12-15(2)16(3)17(21)4/h6-11,13,16,18H,2,4,12H2,1,3,5H3/b21-13+. The summed E-state index contributed by atoms with van der Waals surface area (Å²) in [7, 11) is 0. The second kappa shape index (κ2) is 5.61. The van der Waals surface area contributed by atoms with Crippen LogP contribution in [0, 0.1) is 18.8 Å². The summed E-state index contributed by atoms with van der Waals surface area (Å²) in [5.41, 5.74) is 9.30. The van der Waals surface area contributed by atoms with Gasteiger partial charge in [-0.05, 0) is 41.2 Å². The molecule has 1 saturated carbocycles. The molecule has 2 atom stereocenters. The molecule has 1 aromatic rings. The zero-order valence-electron chi connectivity index (χ0n) is 13.8. The minimum atomic E-state index is 0.424. The molecule has 0 heterocycles. The van der Waals surface area contributed by atoms with E-state index in [-0.39, 0.29) is 0 Å². The van der Waals surface area contributed by atoms with Crippen LogP contribution in [-0.4, -0.2) is 0 Å². The maximum absolute atomic E-state index is 4.25. The second-order valence-corrected chi connectivity index (χ2v) is 6.63. The van der Waals surface area contributed by atoms with Gasteiger partial charge in [0.05, 0.1) is 0 Å². The van der Waals surface area contributed by atoms with E-state index >= 15 is 0 Å². The van der Waals surface area contributed by atoms with Gasteiger partial charge in [-0.15, -0.1) is 0 Å². The van der Waals surface area contributed by atoms with Crippen LogP contribution in [0.25, 0.3) is 5.57 Å². The summed E-state index contributed by atoms with van der Waals surface area (Å²) in [6.45, 7) is 15.0. The van der Waals surface area contributed by atoms with Crippen LogP contribution in [0.1, 0.15) is 31.4 Å². The van der Waals surface area contributed by atoms with E-state index in [1.54, 1.807) is 0 Å². The average Bonchev–Trinajstić information content (AvgIpc) is 2.97. The molecule has 0 saturated heterocycles. The molecule has 0 heteroatoms. The summed E-state index contributed by atoms with van der Waals surface area (Å²) < 4.78 is 0. The molecular formula is C22H24. The molecule has 0 aliphatic heterocycles. The molecule has 2 unspecified atom stereocenters. The SMILES string of the molecule is C=C1C/C(=C\C2=CC=C(c3ccc(C)cc3)C2C)C(=C)C1C. The van der Waals surface area contributed by atoms with Crippen molar-refractivity contribution in [1.82, 2.24) is 0 Å². The maximum Gasteiger partial charge on any atom is 0.00670 e. The molecule has 0 radical (unpaired) electrons. The highest BCUT2D eigenvalue weighted by Crippen LogP contribution is 2.41. The van der Waals surface area contributed by atoms with E-state index in [9.17, 15) is 0 Å². The van der Waals surface area contributed by atoms with Crippen molar-refractivity contribution >= 4 is 5.57 Å². The van der Waals surface area contributed by atoms with Gasteiger partial charge in [0.2, 0.25) is 0 Å². The monoisotopic (exact) mass is 288 g/mol. The van der Waals surface area contributed by atoms with Gasteiger partial charge in [0, 0.05) is 11.8 Å². The molecule has 0 aromatic heterocycles. The first-order valence-electron chi connectivity index (χ1n) is 8.03. The Kier molecular flexibility index (Phi) is 3.78. The number of benzene rings is 1. The van der Waals surface area contributed by atoms with Gasteiger partial charge < -0.3 is 0 Å². The molecule has 0 nitrogen and oxygen atoms in total. The lowest BCUT2D eigenvalue weighted by Crippen LogP contribution is -1.98. The van der Waals surface area contributed by atoms with Crippen molar-refractivity contribution in [1.29, 1.82) is 0 Å². The zero-order chi connectivity index (χ0) is 15.9. The number of allylic oxidation sites excluding steroid dienone is 8. The number of aryl methyl sites for hydroxylation is 1. The van der Waals surface area contributed by atoms with Crippen molar-refractivity contribution in [3.05, 3.63) is 89.1 Å². The van der Waals surface area contributed by atoms with Crippen LogP contribution >= 0.6 is 0 Å². The quantitative estimate of drug-likeness (QED) is 0.582. The molecule has 22 heavy (non-hydrogen) atoms.